The minimum Gasteiger partial charge on any atom is -0.496 e. The van der Waals surface area contributed by atoms with Crippen LogP contribution < -0.4 is 4.74 Å². The van der Waals surface area contributed by atoms with Gasteiger partial charge < -0.3 is 9.47 Å². The highest BCUT2D eigenvalue weighted by molar-refractivity contribution is 9.10. The minimum absolute atomic E-state index is 0.343. The largest absolute Gasteiger partial charge is 0.496 e. The van der Waals surface area contributed by atoms with Gasteiger partial charge in [0, 0.05) is 22.3 Å². The number of methoxy groups -OCH3 is 1. The molecule has 0 saturated heterocycles. The standard InChI is InChI=1S/C16H17BrFNO3/c1-16(2,3)22-15(20)19-9-10(17)7-13(19)12-6-5-11(18)8-14(12)21-4/h5-9H,1-4H3. The number of benzene rings is 1. The molecule has 0 saturated carbocycles. The van der Waals surface area contributed by atoms with Crippen molar-refractivity contribution >= 4 is 22.0 Å². The molecule has 0 bridgehead atoms. The third-order valence-corrected chi connectivity index (χ3v) is 3.25. The van der Waals surface area contributed by atoms with Gasteiger partial charge in [0.25, 0.3) is 0 Å². The molecule has 1 aromatic heterocycles. The van der Waals surface area contributed by atoms with Crippen LogP contribution >= 0.6 is 15.9 Å². The van der Waals surface area contributed by atoms with Crippen LogP contribution in [0.3, 0.4) is 0 Å². The minimum atomic E-state index is -0.613. The number of nitrogens with zero attached hydrogens (tertiary/aromatic N) is 1. The number of hydrogen-bond donors (Lipinski definition) is 0. The lowest BCUT2D eigenvalue weighted by Gasteiger charge is -2.20. The second kappa shape index (κ2) is 6.12. The van der Waals surface area contributed by atoms with Gasteiger partial charge in [-0.15, -0.1) is 0 Å². The van der Waals surface area contributed by atoms with E-state index in [4.69, 9.17) is 9.47 Å². The fourth-order valence-corrected chi connectivity index (χ4v) is 2.40. The lowest BCUT2D eigenvalue weighted by atomic mass is 10.1. The Morgan fingerprint density at radius 3 is 2.55 bits per heavy atom. The van der Waals surface area contributed by atoms with Crippen LogP contribution in [0.1, 0.15) is 20.8 Å². The average Bonchev–Trinajstić information content (AvgIpc) is 2.78. The van der Waals surface area contributed by atoms with Gasteiger partial charge in [0.2, 0.25) is 0 Å². The molecule has 0 fully saturated rings. The highest BCUT2D eigenvalue weighted by atomic mass is 79.9. The quantitative estimate of drug-likeness (QED) is 0.759. The molecule has 0 unspecified atom stereocenters. The van der Waals surface area contributed by atoms with E-state index >= 15 is 0 Å². The van der Waals surface area contributed by atoms with Gasteiger partial charge in [0.1, 0.15) is 17.2 Å². The molecule has 0 atom stereocenters. The maximum absolute atomic E-state index is 13.3. The molecule has 0 spiro atoms. The van der Waals surface area contributed by atoms with E-state index in [0.717, 1.165) is 0 Å². The Labute approximate surface area is 137 Å². The van der Waals surface area contributed by atoms with Crippen molar-refractivity contribution in [3.63, 3.8) is 0 Å². The second-order valence-electron chi connectivity index (χ2n) is 5.74. The van der Waals surface area contributed by atoms with Gasteiger partial charge in [-0.2, -0.15) is 0 Å². The van der Waals surface area contributed by atoms with Gasteiger partial charge in [-0.1, -0.05) is 0 Å². The van der Waals surface area contributed by atoms with Gasteiger partial charge in [-0.25, -0.2) is 9.18 Å². The zero-order valence-corrected chi connectivity index (χ0v) is 14.4. The lowest BCUT2D eigenvalue weighted by molar-refractivity contribution is 0.0540. The van der Waals surface area contributed by atoms with Crippen LogP contribution in [-0.4, -0.2) is 23.4 Å². The Hall–Kier alpha value is -1.82. The maximum atomic E-state index is 13.3. The third-order valence-electron chi connectivity index (χ3n) is 2.82. The molecular formula is C16H17BrFNO3. The normalized spacial score (nSPS) is 11.4. The molecule has 0 aliphatic carbocycles. The summed E-state index contributed by atoms with van der Waals surface area (Å²) in [4.78, 5) is 12.3. The van der Waals surface area contributed by atoms with Crippen molar-refractivity contribution in [1.29, 1.82) is 0 Å². The van der Waals surface area contributed by atoms with Gasteiger partial charge in [-0.05, 0) is 54.9 Å². The number of aromatic nitrogens is 1. The van der Waals surface area contributed by atoms with Crippen LogP contribution in [0.5, 0.6) is 5.75 Å². The van der Waals surface area contributed by atoms with Crippen molar-refractivity contribution in [3.05, 3.63) is 40.8 Å². The SMILES string of the molecule is COc1cc(F)ccc1-c1cc(Br)cn1C(=O)OC(C)(C)C. The molecule has 1 heterocycles. The van der Waals surface area contributed by atoms with Crippen molar-refractivity contribution < 1.29 is 18.7 Å². The summed E-state index contributed by atoms with van der Waals surface area (Å²) in [7, 11) is 1.45. The van der Waals surface area contributed by atoms with E-state index in [0.29, 0.717) is 21.5 Å². The van der Waals surface area contributed by atoms with E-state index in [9.17, 15) is 9.18 Å². The smallest absolute Gasteiger partial charge is 0.419 e. The summed E-state index contributed by atoms with van der Waals surface area (Å²) < 4.78 is 26.0. The van der Waals surface area contributed by atoms with Gasteiger partial charge >= 0.3 is 6.09 Å². The van der Waals surface area contributed by atoms with Crippen molar-refractivity contribution in [2.75, 3.05) is 7.11 Å². The number of rotatable bonds is 2. The highest BCUT2D eigenvalue weighted by Crippen LogP contribution is 2.33. The first-order chi connectivity index (χ1) is 10.2. The summed E-state index contributed by atoms with van der Waals surface area (Å²) in [6, 6.07) is 5.91. The van der Waals surface area contributed by atoms with Crippen molar-refractivity contribution in [2.45, 2.75) is 26.4 Å². The number of halogens is 2. The van der Waals surface area contributed by atoms with E-state index in [-0.39, 0.29) is 0 Å². The van der Waals surface area contributed by atoms with Crippen LogP contribution in [0.2, 0.25) is 0 Å². The predicted molar refractivity (Wildman–Crippen MR) is 85.7 cm³/mol. The third kappa shape index (κ3) is 3.68. The fourth-order valence-electron chi connectivity index (χ4n) is 1.98. The lowest BCUT2D eigenvalue weighted by Crippen LogP contribution is -2.27. The first-order valence-corrected chi connectivity index (χ1v) is 7.46. The van der Waals surface area contributed by atoms with E-state index in [1.165, 1.54) is 23.8 Å². The van der Waals surface area contributed by atoms with Crippen molar-refractivity contribution in [1.82, 2.24) is 4.57 Å². The fraction of sp³-hybridized carbons (Fsp3) is 0.312. The summed E-state index contributed by atoms with van der Waals surface area (Å²) in [6.07, 6.45) is 1.09. The summed E-state index contributed by atoms with van der Waals surface area (Å²) >= 11 is 3.35. The van der Waals surface area contributed by atoms with E-state index in [1.54, 1.807) is 39.1 Å². The zero-order chi connectivity index (χ0) is 16.5. The molecule has 22 heavy (non-hydrogen) atoms. The molecule has 2 rings (SSSR count). The summed E-state index contributed by atoms with van der Waals surface area (Å²) in [5.74, 6) is -0.0644. The predicted octanol–water partition coefficient (Wildman–Crippen LogP) is 4.85. The zero-order valence-electron chi connectivity index (χ0n) is 12.8. The monoisotopic (exact) mass is 369 g/mol. The second-order valence-corrected chi connectivity index (χ2v) is 6.65. The number of carbonyl (C=O) groups excluding carboxylic acids is 1. The molecule has 0 amide bonds. The van der Waals surface area contributed by atoms with Gasteiger partial charge in [0.15, 0.2) is 0 Å². The van der Waals surface area contributed by atoms with Crippen molar-refractivity contribution in [3.8, 4) is 17.0 Å². The van der Waals surface area contributed by atoms with Crippen LogP contribution in [0.4, 0.5) is 9.18 Å². The van der Waals surface area contributed by atoms with Gasteiger partial charge in [-0.3, -0.25) is 4.57 Å². The first kappa shape index (κ1) is 16.5. The topological polar surface area (TPSA) is 40.5 Å². The van der Waals surface area contributed by atoms with Crippen molar-refractivity contribution in [2.24, 2.45) is 0 Å². The molecule has 2 aromatic rings. The molecule has 0 aliphatic heterocycles. The molecule has 0 radical (unpaired) electrons. The first-order valence-electron chi connectivity index (χ1n) is 6.66. The summed E-state index contributed by atoms with van der Waals surface area (Å²) in [5.41, 5.74) is 0.538. The molecule has 4 nitrogen and oxygen atoms in total. The summed E-state index contributed by atoms with van der Waals surface area (Å²) in [5, 5.41) is 0. The molecule has 0 aliphatic rings. The van der Waals surface area contributed by atoms with Crippen LogP contribution in [0.15, 0.2) is 34.9 Å². The van der Waals surface area contributed by atoms with Crippen LogP contribution in [-0.2, 0) is 4.74 Å². The average molecular weight is 370 g/mol. The Balaban J connectivity index is 2.51. The molecule has 6 heteroatoms. The Bertz CT molecular complexity index is 704. The number of ether oxygens (including phenoxy) is 2. The summed E-state index contributed by atoms with van der Waals surface area (Å²) in [6.45, 7) is 5.38. The number of hydrogen-bond acceptors (Lipinski definition) is 3. The van der Waals surface area contributed by atoms with E-state index in [1.807, 2.05) is 0 Å². The maximum Gasteiger partial charge on any atom is 0.419 e. The van der Waals surface area contributed by atoms with Crippen LogP contribution in [0.25, 0.3) is 11.3 Å². The van der Waals surface area contributed by atoms with E-state index < -0.39 is 17.5 Å². The van der Waals surface area contributed by atoms with Crippen LogP contribution in [0, 0.1) is 5.82 Å². The molecule has 1 aromatic carbocycles. The highest BCUT2D eigenvalue weighted by Gasteiger charge is 2.22. The molecular weight excluding hydrogens is 353 g/mol. The molecule has 118 valence electrons. The number of carbonyl (C=O) groups is 1. The van der Waals surface area contributed by atoms with E-state index in [2.05, 4.69) is 15.9 Å². The van der Waals surface area contributed by atoms with Gasteiger partial charge in [0.05, 0.1) is 12.8 Å². The molecule has 0 N–H and O–H groups in total. The Morgan fingerprint density at radius 1 is 1.27 bits per heavy atom. The Morgan fingerprint density at radius 2 is 1.95 bits per heavy atom. The Kier molecular flexibility index (Phi) is 4.60.